The fourth-order valence-corrected chi connectivity index (χ4v) is 5.02. The van der Waals surface area contributed by atoms with Gasteiger partial charge in [-0.2, -0.15) is 0 Å². The lowest BCUT2D eigenvalue weighted by atomic mass is 9.73. The van der Waals surface area contributed by atoms with Gasteiger partial charge in [-0.05, 0) is 41.8 Å². The highest BCUT2D eigenvalue weighted by Crippen LogP contribution is 2.51. The molecule has 0 fully saturated rings. The molecule has 1 aliphatic rings. The van der Waals surface area contributed by atoms with Gasteiger partial charge in [0.05, 0.1) is 34.3 Å². The van der Waals surface area contributed by atoms with Crippen LogP contribution < -0.4 is 4.74 Å². The van der Waals surface area contributed by atoms with Crippen LogP contribution >= 0.6 is 0 Å². The molecular weight excluding hydrogens is 420 g/mol. The lowest BCUT2D eigenvalue weighted by Crippen LogP contribution is -2.34. The number of esters is 1. The van der Waals surface area contributed by atoms with Gasteiger partial charge in [0.1, 0.15) is 5.75 Å². The summed E-state index contributed by atoms with van der Waals surface area (Å²) in [4.78, 5) is 23.5. The molecular formula is C30H22N2O2. The number of fused-ring (bicyclic) bond motifs is 4. The molecule has 164 valence electrons. The summed E-state index contributed by atoms with van der Waals surface area (Å²) in [7, 11) is 0. The van der Waals surface area contributed by atoms with Crippen molar-refractivity contribution in [3.05, 3.63) is 126 Å². The number of rotatable bonds is 5. The van der Waals surface area contributed by atoms with Crippen LogP contribution in [0.2, 0.25) is 0 Å². The summed E-state index contributed by atoms with van der Waals surface area (Å²) in [6.07, 6.45) is 0.780. The largest absolute Gasteiger partial charge is 0.426 e. The van der Waals surface area contributed by atoms with Crippen LogP contribution in [0.1, 0.15) is 23.2 Å². The maximum Gasteiger partial charge on any atom is 0.312 e. The quantitative estimate of drug-likeness (QED) is 0.243. The Balaban J connectivity index is 1.54. The number of hydrogen-bond acceptors (Lipinski definition) is 4. The molecule has 0 bridgehead atoms. The first-order chi connectivity index (χ1) is 16.7. The molecule has 4 aromatic carbocycles. The molecule has 0 N–H and O–H groups in total. The Morgan fingerprint density at radius 1 is 0.706 bits per heavy atom. The topological polar surface area (TPSA) is 52.1 Å². The number of nitrogens with zero attached hydrogens (tertiary/aromatic N) is 2. The molecule has 0 radical (unpaired) electrons. The van der Waals surface area contributed by atoms with E-state index in [4.69, 9.17) is 14.7 Å². The molecule has 0 aliphatic heterocycles. The number of carbonyl (C=O) groups is 1. The van der Waals surface area contributed by atoms with E-state index in [1.807, 2.05) is 72.8 Å². The first-order valence-corrected chi connectivity index (χ1v) is 11.4. The predicted molar refractivity (Wildman–Crippen MR) is 133 cm³/mol. The van der Waals surface area contributed by atoms with Crippen molar-refractivity contribution in [1.29, 1.82) is 0 Å². The van der Waals surface area contributed by atoms with Crippen LogP contribution in [0.15, 0.2) is 109 Å². The normalized spacial score (nSPS) is 16.1. The van der Waals surface area contributed by atoms with Crippen LogP contribution in [0.25, 0.3) is 22.3 Å². The first kappa shape index (κ1) is 20.3. The minimum Gasteiger partial charge on any atom is -0.426 e. The highest BCUT2D eigenvalue weighted by Gasteiger charge is 2.47. The number of para-hydroxylation sites is 3. The fraction of sp³-hybridized carbons (Fsp3) is 0.100. The van der Waals surface area contributed by atoms with Gasteiger partial charge < -0.3 is 4.74 Å². The van der Waals surface area contributed by atoms with Crippen LogP contribution in [-0.2, 0) is 16.6 Å². The van der Waals surface area contributed by atoms with Crippen molar-refractivity contribution in [2.45, 2.75) is 18.3 Å². The third-order valence-corrected chi connectivity index (χ3v) is 6.49. The summed E-state index contributed by atoms with van der Waals surface area (Å²) in [6.45, 7) is 0. The second kappa shape index (κ2) is 8.23. The molecule has 0 spiro atoms. The fourth-order valence-electron chi connectivity index (χ4n) is 5.02. The minimum atomic E-state index is -0.684. The first-order valence-electron chi connectivity index (χ1n) is 11.4. The summed E-state index contributed by atoms with van der Waals surface area (Å²) in [5, 5.41) is 0. The van der Waals surface area contributed by atoms with Gasteiger partial charge in [0.2, 0.25) is 0 Å². The molecule has 0 saturated heterocycles. The van der Waals surface area contributed by atoms with E-state index in [1.165, 1.54) is 0 Å². The molecule has 6 rings (SSSR count). The Bertz CT molecular complexity index is 1500. The smallest absolute Gasteiger partial charge is 0.312 e. The number of benzene rings is 4. The zero-order chi connectivity index (χ0) is 23.0. The Morgan fingerprint density at radius 2 is 1.32 bits per heavy atom. The molecule has 4 heteroatoms. The summed E-state index contributed by atoms with van der Waals surface area (Å²) in [6, 6.07) is 35.6. The number of carbonyl (C=O) groups excluding carboxylic acids is 1. The molecule has 0 amide bonds. The van der Waals surface area contributed by atoms with E-state index in [-0.39, 0.29) is 12.4 Å². The highest BCUT2D eigenvalue weighted by molar-refractivity contribution is 5.87. The maximum absolute atomic E-state index is 13.4. The van der Waals surface area contributed by atoms with Crippen LogP contribution in [0.3, 0.4) is 0 Å². The molecule has 1 heterocycles. The SMILES string of the molecule is O=C(CC1(Cc2ccccc2)c2ccccc2-c2nc3ccccc3nc21)Oc1ccccc1. The van der Waals surface area contributed by atoms with E-state index < -0.39 is 5.41 Å². The van der Waals surface area contributed by atoms with E-state index >= 15 is 0 Å². The summed E-state index contributed by atoms with van der Waals surface area (Å²) in [5.41, 5.74) is 5.89. The maximum atomic E-state index is 13.4. The predicted octanol–water partition coefficient (Wildman–Crippen LogP) is 6.13. The average molecular weight is 443 g/mol. The molecule has 1 atom stereocenters. The van der Waals surface area contributed by atoms with E-state index in [2.05, 4.69) is 24.3 Å². The van der Waals surface area contributed by atoms with E-state index in [1.54, 1.807) is 12.1 Å². The Kier molecular flexibility index (Phi) is 4.92. The third kappa shape index (κ3) is 3.44. The number of ether oxygens (including phenoxy) is 1. The van der Waals surface area contributed by atoms with Gasteiger partial charge in [-0.15, -0.1) is 0 Å². The second-order valence-corrected chi connectivity index (χ2v) is 8.66. The standard InChI is InChI=1S/C30H22N2O2/c33-27(34-22-13-5-2-6-14-22)20-30(19-21-11-3-1-4-12-21)24-16-8-7-15-23(24)28-29(30)32-26-18-10-9-17-25(26)31-28/h1-18H,19-20H2. The van der Waals surface area contributed by atoms with Crippen LogP contribution in [0, 0.1) is 0 Å². The zero-order valence-electron chi connectivity index (χ0n) is 18.5. The van der Waals surface area contributed by atoms with E-state index in [0.717, 1.165) is 39.1 Å². The van der Waals surface area contributed by atoms with Gasteiger partial charge in [-0.1, -0.05) is 84.9 Å². The van der Waals surface area contributed by atoms with Crippen molar-refractivity contribution < 1.29 is 9.53 Å². The van der Waals surface area contributed by atoms with Crippen molar-refractivity contribution in [2.75, 3.05) is 0 Å². The van der Waals surface area contributed by atoms with Crippen LogP contribution in [-0.4, -0.2) is 15.9 Å². The van der Waals surface area contributed by atoms with Gasteiger partial charge in [0.25, 0.3) is 0 Å². The van der Waals surface area contributed by atoms with E-state index in [9.17, 15) is 4.79 Å². The Morgan fingerprint density at radius 3 is 2.09 bits per heavy atom. The minimum absolute atomic E-state index is 0.161. The van der Waals surface area contributed by atoms with E-state index in [0.29, 0.717) is 12.2 Å². The zero-order valence-corrected chi connectivity index (χ0v) is 18.5. The second-order valence-electron chi connectivity index (χ2n) is 8.66. The highest BCUT2D eigenvalue weighted by atomic mass is 16.5. The lowest BCUT2D eigenvalue weighted by molar-refractivity contribution is -0.135. The molecule has 4 nitrogen and oxygen atoms in total. The van der Waals surface area contributed by atoms with Crippen LogP contribution in [0.5, 0.6) is 5.75 Å². The van der Waals surface area contributed by atoms with Gasteiger partial charge in [-0.25, -0.2) is 9.97 Å². The Labute approximate surface area is 197 Å². The molecule has 1 unspecified atom stereocenters. The van der Waals surface area contributed by atoms with Crippen molar-refractivity contribution in [3.8, 4) is 17.0 Å². The summed E-state index contributed by atoms with van der Waals surface area (Å²) < 4.78 is 5.77. The van der Waals surface area contributed by atoms with Crippen molar-refractivity contribution in [1.82, 2.24) is 9.97 Å². The molecule has 1 aliphatic carbocycles. The van der Waals surface area contributed by atoms with Crippen LogP contribution in [0.4, 0.5) is 0 Å². The Hall–Kier alpha value is -4.31. The summed E-state index contributed by atoms with van der Waals surface area (Å²) >= 11 is 0. The van der Waals surface area contributed by atoms with Crippen molar-refractivity contribution in [3.63, 3.8) is 0 Å². The lowest BCUT2D eigenvalue weighted by Gasteiger charge is -2.30. The summed E-state index contributed by atoms with van der Waals surface area (Å²) in [5.74, 6) is 0.248. The molecule has 5 aromatic rings. The third-order valence-electron chi connectivity index (χ3n) is 6.49. The van der Waals surface area contributed by atoms with Gasteiger partial charge in [-0.3, -0.25) is 4.79 Å². The van der Waals surface area contributed by atoms with Gasteiger partial charge in [0.15, 0.2) is 0 Å². The molecule has 34 heavy (non-hydrogen) atoms. The molecule has 1 aromatic heterocycles. The number of aromatic nitrogens is 2. The van der Waals surface area contributed by atoms with Crippen molar-refractivity contribution in [2.24, 2.45) is 0 Å². The number of hydrogen-bond donors (Lipinski definition) is 0. The average Bonchev–Trinajstić information content (AvgIpc) is 3.12. The molecule has 0 saturated carbocycles. The van der Waals surface area contributed by atoms with Crippen molar-refractivity contribution >= 4 is 17.0 Å². The monoisotopic (exact) mass is 442 g/mol. The van der Waals surface area contributed by atoms with Gasteiger partial charge >= 0.3 is 5.97 Å². The van der Waals surface area contributed by atoms with Gasteiger partial charge in [0, 0.05) is 5.56 Å².